The third kappa shape index (κ3) is 9.78. The van der Waals surface area contributed by atoms with E-state index in [2.05, 4.69) is 10.3 Å². The summed E-state index contributed by atoms with van der Waals surface area (Å²) in [5.74, 6) is -1.07. The molecule has 2 saturated heterocycles. The lowest BCUT2D eigenvalue weighted by atomic mass is 9.82. The van der Waals surface area contributed by atoms with E-state index in [1.165, 1.54) is 26.7 Å². The van der Waals surface area contributed by atoms with Gasteiger partial charge in [-0.1, -0.05) is 63.5 Å². The first kappa shape index (κ1) is 40.9. The minimum atomic E-state index is -6.32. The molecule has 1 aromatic heterocycles. The number of hydrogen-bond donors (Lipinski definition) is 3. The molecule has 2 amide bonds. The Morgan fingerprint density at radius 2 is 1.45 bits per heavy atom. The number of aliphatic hydroxyl groups is 2. The largest absolute Gasteiger partial charge is 0.430 e. The van der Waals surface area contributed by atoms with E-state index >= 15 is 0 Å². The number of thiazole rings is 1. The van der Waals surface area contributed by atoms with Gasteiger partial charge >= 0.3 is 12.4 Å². The average Bonchev–Trinajstić information content (AvgIpc) is 3.49. The van der Waals surface area contributed by atoms with Crippen molar-refractivity contribution in [3.8, 4) is 10.4 Å². The van der Waals surface area contributed by atoms with Crippen molar-refractivity contribution in [2.24, 2.45) is 5.92 Å². The molecule has 1 saturated carbocycles. The second kappa shape index (κ2) is 16.4. The summed E-state index contributed by atoms with van der Waals surface area (Å²) in [6.07, 6.45) is -4.04. The van der Waals surface area contributed by atoms with Gasteiger partial charge in [0.2, 0.25) is 0 Å². The Morgan fingerprint density at radius 3 is 2.00 bits per heavy atom. The molecule has 3 heterocycles. The van der Waals surface area contributed by atoms with Crippen LogP contribution < -0.4 is 5.32 Å². The van der Waals surface area contributed by atoms with Gasteiger partial charge in [-0.15, -0.1) is 11.3 Å². The molecule has 7 nitrogen and oxygen atoms in total. The lowest BCUT2D eigenvalue weighted by Crippen LogP contribution is -2.54. The van der Waals surface area contributed by atoms with Crippen molar-refractivity contribution in [1.29, 1.82) is 0 Å². The zero-order chi connectivity index (χ0) is 37.8. The molecule has 2 aliphatic heterocycles. The van der Waals surface area contributed by atoms with Crippen LogP contribution in [-0.4, -0.2) is 69.0 Å². The minimum Gasteiger partial charge on any atom is -0.389 e. The van der Waals surface area contributed by atoms with Crippen molar-refractivity contribution in [3.05, 3.63) is 40.0 Å². The maximum atomic E-state index is 14.6. The molecule has 1 aliphatic carbocycles. The number of aromatic nitrogens is 1. The smallest absolute Gasteiger partial charge is 0.389 e. The van der Waals surface area contributed by atoms with Gasteiger partial charge in [-0.2, -0.15) is 26.3 Å². The number of carbonyl (C=O) groups excluding carboxylic acids is 2. The number of carbonyl (C=O) groups is 2. The predicted octanol–water partition coefficient (Wildman–Crippen LogP) is 9.09. The van der Waals surface area contributed by atoms with Crippen LogP contribution in [0.25, 0.3) is 10.4 Å². The molecule has 0 radical (unpaired) electrons. The lowest BCUT2D eigenvalue weighted by molar-refractivity contribution is -0.376. The first-order valence-corrected chi connectivity index (χ1v) is 18.2. The van der Waals surface area contributed by atoms with E-state index in [4.69, 9.17) is 0 Å². The number of amides is 2. The SMILES string of the molecule is CC(C)(O)CNC(=O)c1nc(C(=O)N2CCCCCCCCCCC3CCC2CC3)c(-c2ccc(C(O)(C(F)(F)F)C(F)(F)F)cc2C(F)F)s1. The molecule has 0 spiro atoms. The number of benzene rings is 1. The van der Waals surface area contributed by atoms with Gasteiger partial charge in [-0.25, -0.2) is 13.8 Å². The highest BCUT2D eigenvalue weighted by Crippen LogP contribution is 2.51. The first-order valence-electron chi connectivity index (χ1n) is 17.4. The molecule has 3 N–H and O–H groups in total. The molecule has 286 valence electrons. The Balaban J connectivity index is 1.82. The Labute approximate surface area is 295 Å². The molecular weight excluding hydrogens is 710 g/mol. The maximum absolute atomic E-state index is 14.6. The fourth-order valence-electron chi connectivity index (χ4n) is 6.89. The van der Waals surface area contributed by atoms with Crippen molar-refractivity contribution in [2.75, 3.05) is 13.1 Å². The van der Waals surface area contributed by atoms with Crippen LogP contribution in [0.4, 0.5) is 35.1 Å². The van der Waals surface area contributed by atoms with Crippen LogP contribution in [0.1, 0.15) is 135 Å². The number of nitrogens with zero attached hydrogens (tertiary/aromatic N) is 2. The molecule has 5 rings (SSSR count). The number of halogens is 8. The number of hydrogen-bond acceptors (Lipinski definition) is 6. The summed E-state index contributed by atoms with van der Waals surface area (Å²) in [5.41, 5.74) is -11.1. The van der Waals surface area contributed by atoms with Crippen LogP contribution in [0.5, 0.6) is 0 Å². The van der Waals surface area contributed by atoms with Gasteiger partial charge in [0, 0.05) is 35.8 Å². The average molecular weight is 756 g/mol. The molecule has 0 unspecified atom stereocenters. The van der Waals surface area contributed by atoms with Crippen molar-refractivity contribution in [2.45, 2.75) is 133 Å². The summed E-state index contributed by atoms with van der Waals surface area (Å²) in [4.78, 5) is 33.1. The molecule has 3 fully saturated rings. The Morgan fingerprint density at radius 1 is 0.882 bits per heavy atom. The third-order valence-electron chi connectivity index (χ3n) is 9.75. The van der Waals surface area contributed by atoms with E-state index in [-0.39, 0.29) is 34.6 Å². The third-order valence-corrected chi connectivity index (χ3v) is 10.8. The summed E-state index contributed by atoms with van der Waals surface area (Å²) >= 11 is 0.476. The molecule has 3 aliphatic rings. The second-order valence-electron chi connectivity index (χ2n) is 14.3. The molecule has 51 heavy (non-hydrogen) atoms. The lowest BCUT2D eigenvalue weighted by Gasteiger charge is -2.37. The van der Waals surface area contributed by atoms with Crippen molar-refractivity contribution in [3.63, 3.8) is 0 Å². The van der Waals surface area contributed by atoms with E-state index in [0.29, 0.717) is 49.1 Å². The maximum Gasteiger partial charge on any atom is 0.430 e. The molecule has 16 heteroatoms. The van der Waals surface area contributed by atoms with Crippen LogP contribution in [0.15, 0.2) is 18.2 Å². The van der Waals surface area contributed by atoms with E-state index in [9.17, 15) is 54.9 Å². The summed E-state index contributed by atoms with van der Waals surface area (Å²) in [5, 5.41) is 22.1. The van der Waals surface area contributed by atoms with Crippen molar-refractivity contribution >= 4 is 23.2 Å². The zero-order valence-corrected chi connectivity index (χ0v) is 29.4. The van der Waals surface area contributed by atoms with Gasteiger partial charge < -0.3 is 20.4 Å². The number of rotatable bonds is 7. The van der Waals surface area contributed by atoms with Gasteiger partial charge in [0.25, 0.3) is 23.8 Å². The standard InChI is InChI=1S/C35H45F8N3O4S/c1-32(2,49)20-44-29(47)30-45-26(31(48)46-18-10-8-6-4-3-5-7-9-11-21-12-15-23(46)16-13-21)27(51-30)24-17-14-22(19-25(24)28(36)37)33(50,34(38,39)40)35(41,42)43/h14,17,19,21,23,28,49-50H,3-13,15-16,18,20H2,1-2H3,(H,44,47). The molecule has 0 atom stereocenters. The van der Waals surface area contributed by atoms with Gasteiger partial charge in [0.15, 0.2) is 5.01 Å². The van der Waals surface area contributed by atoms with E-state index in [1.54, 1.807) is 4.90 Å². The van der Waals surface area contributed by atoms with Crippen LogP contribution in [0.3, 0.4) is 0 Å². The highest BCUT2D eigenvalue weighted by Gasteiger charge is 2.71. The Kier molecular flexibility index (Phi) is 13.2. The van der Waals surface area contributed by atoms with Crippen LogP contribution in [0.2, 0.25) is 0 Å². The molecule has 2 aromatic rings. The normalized spacial score (nSPS) is 20.6. The Hall–Kier alpha value is -2.85. The van der Waals surface area contributed by atoms with Crippen LogP contribution >= 0.6 is 11.3 Å². The predicted molar refractivity (Wildman–Crippen MR) is 175 cm³/mol. The number of alkyl halides is 8. The van der Waals surface area contributed by atoms with E-state index < -0.39 is 64.2 Å². The number of nitrogens with one attached hydrogen (secondary N) is 1. The highest BCUT2D eigenvalue weighted by atomic mass is 32.1. The Bertz CT molecular complexity index is 1480. The molecular formula is C35H45F8N3O4S. The summed E-state index contributed by atoms with van der Waals surface area (Å²) in [7, 11) is 0. The summed E-state index contributed by atoms with van der Waals surface area (Å²) < 4.78 is 111. The summed E-state index contributed by atoms with van der Waals surface area (Å²) in [6.45, 7) is 2.86. The second-order valence-corrected chi connectivity index (χ2v) is 15.3. The fraction of sp³-hybridized carbons (Fsp3) is 0.686. The van der Waals surface area contributed by atoms with Crippen LogP contribution in [-0.2, 0) is 5.60 Å². The van der Waals surface area contributed by atoms with Gasteiger partial charge in [-0.05, 0) is 57.9 Å². The summed E-state index contributed by atoms with van der Waals surface area (Å²) in [6, 6.07) is 0.482. The molecule has 2 bridgehead atoms. The van der Waals surface area contributed by atoms with Crippen LogP contribution in [0, 0.1) is 5.92 Å². The topological polar surface area (TPSA) is 103 Å². The highest BCUT2D eigenvalue weighted by molar-refractivity contribution is 7.17. The van der Waals surface area contributed by atoms with Crippen molar-refractivity contribution < 1.29 is 54.9 Å². The van der Waals surface area contributed by atoms with E-state index in [0.717, 1.165) is 51.4 Å². The van der Waals surface area contributed by atoms with Gasteiger partial charge in [-0.3, -0.25) is 9.59 Å². The quantitative estimate of drug-likeness (QED) is 0.245. The minimum absolute atomic E-state index is 0.0748. The van der Waals surface area contributed by atoms with Crippen molar-refractivity contribution in [1.82, 2.24) is 15.2 Å². The van der Waals surface area contributed by atoms with Gasteiger partial charge in [0.05, 0.1) is 10.5 Å². The molecule has 1 aromatic carbocycles. The fourth-order valence-corrected chi connectivity index (χ4v) is 7.91. The van der Waals surface area contributed by atoms with Gasteiger partial charge in [0.1, 0.15) is 5.69 Å². The zero-order valence-electron chi connectivity index (χ0n) is 28.6. The first-order chi connectivity index (χ1) is 23.7. The number of fused-ring (bicyclic) bond motifs is 12. The van der Waals surface area contributed by atoms with E-state index in [1.807, 2.05) is 0 Å². The monoisotopic (exact) mass is 755 g/mol.